The fraction of sp³-hybridized carbons (Fsp3) is 0.143. The maximum absolute atomic E-state index is 11.8. The van der Waals surface area contributed by atoms with Gasteiger partial charge in [0.1, 0.15) is 0 Å². The highest BCUT2D eigenvalue weighted by Gasteiger charge is 2.11. The van der Waals surface area contributed by atoms with E-state index in [1.165, 1.54) is 12.1 Å². The molecule has 0 aliphatic rings. The van der Waals surface area contributed by atoms with Crippen LogP contribution < -0.4 is 11.1 Å². The third-order valence-corrected chi connectivity index (χ3v) is 2.50. The summed E-state index contributed by atoms with van der Waals surface area (Å²) < 4.78 is 9.87. The predicted octanol–water partition coefficient (Wildman–Crippen LogP) is 2.29. The zero-order chi connectivity index (χ0) is 14.5. The van der Waals surface area contributed by atoms with Crippen molar-refractivity contribution in [3.63, 3.8) is 0 Å². The molecule has 6 heteroatoms. The van der Waals surface area contributed by atoms with Crippen LogP contribution in [0.2, 0.25) is 0 Å². The fourth-order valence-corrected chi connectivity index (χ4v) is 1.57. The van der Waals surface area contributed by atoms with Gasteiger partial charge in [0, 0.05) is 11.8 Å². The summed E-state index contributed by atoms with van der Waals surface area (Å²) in [5.74, 6) is -0.514. The standard InChI is InChI=1S/C14H14N2O4/c1-2-19-14(18)9-3-5-10(6-4-9)16-13(17)11-7-8-12(15)20-11/h3-8H,2,15H2,1H3,(H,16,17). The normalized spacial score (nSPS) is 10.1. The van der Waals surface area contributed by atoms with Gasteiger partial charge in [0.2, 0.25) is 0 Å². The topological polar surface area (TPSA) is 94.6 Å². The van der Waals surface area contributed by atoms with Crippen LogP contribution in [0.3, 0.4) is 0 Å². The molecule has 20 heavy (non-hydrogen) atoms. The van der Waals surface area contributed by atoms with Crippen molar-refractivity contribution in [2.75, 3.05) is 17.7 Å². The van der Waals surface area contributed by atoms with Crippen molar-refractivity contribution < 1.29 is 18.7 Å². The Morgan fingerprint density at radius 3 is 2.45 bits per heavy atom. The Labute approximate surface area is 115 Å². The van der Waals surface area contributed by atoms with Crippen LogP contribution in [0.4, 0.5) is 11.6 Å². The van der Waals surface area contributed by atoms with E-state index in [-0.39, 0.29) is 11.6 Å². The number of nitrogens with one attached hydrogen (secondary N) is 1. The number of amides is 1. The molecule has 2 aromatic rings. The van der Waals surface area contributed by atoms with Crippen LogP contribution in [0, 0.1) is 0 Å². The van der Waals surface area contributed by atoms with Crippen LogP contribution in [-0.4, -0.2) is 18.5 Å². The lowest BCUT2D eigenvalue weighted by Crippen LogP contribution is -2.11. The molecular weight excluding hydrogens is 260 g/mol. The number of nitrogen functional groups attached to an aromatic ring is 1. The number of nitrogens with two attached hydrogens (primary N) is 1. The number of carbonyl (C=O) groups is 2. The number of carbonyl (C=O) groups excluding carboxylic acids is 2. The molecule has 1 aromatic heterocycles. The van der Waals surface area contributed by atoms with E-state index in [2.05, 4.69) is 5.32 Å². The van der Waals surface area contributed by atoms with Crippen molar-refractivity contribution in [1.29, 1.82) is 0 Å². The van der Waals surface area contributed by atoms with Gasteiger partial charge in [-0.05, 0) is 37.3 Å². The molecule has 6 nitrogen and oxygen atoms in total. The van der Waals surface area contributed by atoms with Crippen molar-refractivity contribution in [2.45, 2.75) is 6.92 Å². The second-order valence-corrected chi connectivity index (χ2v) is 3.95. The van der Waals surface area contributed by atoms with Crippen molar-refractivity contribution in [2.24, 2.45) is 0 Å². The molecule has 0 saturated heterocycles. The molecule has 3 N–H and O–H groups in total. The van der Waals surface area contributed by atoms with Crippen molar-refractivity contribution in [3.05, 3.63) is 47.7 Å². The molecule has 0 unspecified atom stereocenters. The molecule has 1 aromatic carbocycles. The molecule has 0 spiro atoms. The smallest absolute Gasteiger partial charge is 0.338 e. The number of ether oxygens (including phenoxy) is 1. The molecule has 0 bridgehead atoms. The summed E-state index contributed by atoms with van der Waals surface area (Å²) in [5.41, 5.74) is 6.36. The average molecular weight is 274 g/mol. The van der Waals surface area contributed by atoms with Gasteiger partial charge in [-0.25, -0.2) is 4.79 Å². The first-order chi connectivity index (χ1) is 9.60. The zero-order valence-corrected chi connectivity index (χ0v) is 10.9. The van der Waals surface area contributed by atoms with E-state index in [0.717, 1.165) is 0 Å². The van der Waals surface area contributed by atoms with E-state index < -0.39 is 11.9 Å². The Morgan fingerprint density at radius 2 is 1.90 bits per heavy atom. The Bertz CT molecular complexity index is 616. The highest BCUT2D eigenvalue weighted by atomic mass is 16.5. The predicted molar refractivity (Wildman–Crippen MR) is 73.5 cm³/mol. The van der Waals surface area contributed by atoms with Crippen LogP contribution in [0.15, 0.2) is 40.8 Å². The van der Waals surface area contributed by atoms with E-state index in [9.17, 15) is 9.59 Å². The number of benzene rings is 1. The van der Waals surface area contributed by atoms with Crippen LogP contribution in [0.5, 0.6) is 0 Å². The van der Waals surface area contributed by atoms with Crippen LogP contribution in [0.25, 0.3) is 0 Å². The number of furan rings is 1. The highest BCUT2D eigenvalue weighted by Crippen LogP contribution is 2.14. The molecule has 104 valence electrons. The van der Waals surface area contributed by atoms with Gasteiger partial charge in [0.05, 0.1) is 12.2 Å². The number of esters is 1. The molecule has 1 heterocycles. The molecule has 0 atom stereocenters. The van der Waals surface area contributed by atoms with E-state index in [0.29, 0.717) is 17.9 Å². The summed E-state index contributed by atoms with van der Waals surface area (Å²) in [4.78, 5) is 23.3. The molecular formula is C14H14N2O4. The molecule has 0 radical (unpaired) electrons. The molecule has 0 aliphatic carbocycles. The van der Waals surface area contributed by atoms with Crippen LogP contribution in [-0.2, 0) is 4.74 Å². The molecule has 2 rings (SSSR count). The van der Waals surface area contributed by atoms with Crippen LogP contribution in [0.1, 0.15) is 27.8 Å². The summed E-state index contributed by atoms with van der Waals surface area (Å²) in [6, 6.07) is 9.34. The minimum atomic E-state index is -0.411. The lowest BCUT2D eigenvalue weighted by atomic mass is 10.2. The summed E-state index contributed by atoms with van der Waals surface area (Å²) in [7, 11) is 0. The minimum Gasteiger partial charge on any atom is -0.462 e. The number of hydrogen-bond donors (Lipinski definition) is 2. The first-order valence-electron chi connectivity index (χ1n) is 6.04. The lowest BCUT2D eigenvalue weighted by molar-refractivity contribution is 0.0526. The monoisotopic (exact) mass is 274 g/mol. The number of rotatable bonds is 4. The van der Waals surface area contributed by atoms with Crippen molar-refractivity contribution in [1.82, 2.24) is 0 Å². The quantitative estimate of drug-likeness (QED) is 0.834. The average Bonchev–Trinajstić information content (AvgIpc) is 2.86. The van der Waals surface area contributed by atoms with E-state index in [1.54, 1.807) is 31.2 Å². The maximum Gasteiger partial charge on any atom is 0.338 e. The summed E-state index contributed by atoms with van der Waals surface area (Å²) in [5, 5.41) is 2.63. The van der Waals surface area contributed by atoms with Crippen molar-refractivity contribution >= 4 is 23.4 Å². The van der Waals surface area contributed by atoms with Gasteiger partial charge in [-0.2, -0.15) is 0 Å². The Hall–Kier alpha value is -2.76. The third-order valence-electron chi connectivity index (χ3n) is 2.50. The maximum atomic E-state index is 11.8. The Morgan fingerprint density at radius 1 is 1.20 bits per heavy atom. The fourth-order valence-electron chi connectivity index (χ4n) is 1.57. The Balaban J connectivity index is 2.04. The first-order valence-corrected chi connectivity index (χ1v) is 6.04. The van der Waals surface area contributed by atoms with Crippen LogP contribution >= 0.6 is 0 Å². The van der Waals surface area contributed by atoms with E-state index >= 15 is 0 Å². The number of anilines is 2. The van der Waals surface area contributed by atoms with E-state index in [4.69, 9.17) is 14.9 Å². The minimum absolute atomic E-state index is 0.122. The van der Waals surface area contributed by atoms with Gasteiger partial charge in [-0.3, -0.25) is 4.79 Å². The number of hydrogen-bond acceptors (Lipinski definition) is 5. The van der Waals surface area contributed by atoms with E-state index in [1.807, 2.05) is 0 Å². The molecule has 0 saturated carbocycles. The Kier molecular flexibility index (Phi) is 4.05. The first kappa shape index (κ1) is 13.7. The molecule has 0 fully saturated rings. The largest absolute Gasteiger partial charge is 0.462 e. The summed E-state index contributed by atoms with van der Waals surface area (Å²) in [6.45, 7) is 2.05. The van der Waals surface area contributed by atoms with Gasteiger partial charge in [-0.1, -0.05) is 0 Å². The second-order valence-electron chi connectivity index (χ2n) is 3.95. The molecule has 1 amide bonds. The highest BCUT2D eigenvalue weighted by molar-refractivity contribution is 6.02. The van der Waals surface area contributed by atoms with Gasteiger partial charge < -0.3 is 20.2 Å². The van der Waals surface area contributed by atoms with Gasteiger partial charge in [0.15, 0.2) is 11.6 Å². The van der Waals surface area contributed by atoms with Gasteiger partial charge in [0.25, 0.3) is 5.91 Å². The van der Waals surface area contributed by atoms with Gasteiger partial charge >= 0.3 is 5.97 Å². The lowest BCUT2D eigenvalue weighted by Gasteiger charge is -2.05. The third kappa shape index (κ3) is 3.17. The summed E-state index contributed by atoms with van der Waals surface area (Å²) in [6.07, 6.45) is 0. The molecule has 0 aliphatic heterocycles. The SMILES string of the molecule is CCOC(=O)c1ccc(NC(=O)c2ccc(N)o2)cc1. The second kappa shape index (κ2) is 5.92. The summed E-state index contributed by atoms with van der Waals surface area (Å²) >= 11 is 0. The van der Waals surface area contributed by atoms with Gasteiger partial charge in [-0.15, -0.1) is 0 Å². The zero-order valence-electron chi connectivity index (χ0n) is 10.9. The van der Waals surface area contributed by atoms with Crippen molar-refractivity contribution in [3.8, 4) is 0 Å².